The maximum Gasteiger partial charge on any atom is 1.00 e. The summed E-state index contributed by atoms with van der Waals surface area (Å²) < 4.78 is 0. The first-order valence-corrected chi connectivity index (χ1v) is 1.11. The van der Waals surface area contributed by atoms with Crippen molar-refractivity contribution in [2.45, 2.75) is 0 Å². The zero-order chi connectivity index (χ0) is 5.15. The fourth-order valence-electron chi connectivity index (χ4n) is 0. The van der Waals surface area contributed by atoms with E-state index < -0.39 is 11.9 Å². The summed E-state index contributed by atoms with van der Waals surface area (Å²) in [5, 5.41) is 14.8. The molecule has 0 saturated heterocycles. The molecule has 8 heavy (non-hydrogen) atoms. The summed E-state index contributed by atoms with van der Waals surface area (Å²) in [7, 11) is 0. The van der Waals surface area contributed by atoms with Gasteiger partial charge in [0.25, 0.3) is 0 Å². The van der Waals surface area contributed by atoms with Crippen molar-refractivity contribution in [3.8, 4) is 0 Å². The van der Waals surface area contributed by atoms with Gasteiger partial charge >= 0.3 is 30.8 Å². The van der Waals surface area contributed by atoms with Crippen LogP contribution < -0.4 is 18.9 Å². The largest absolute Gasteiger partial charge is 1.00 e. The van der Waals surface area contributed by atoms with Crippen molar-refractivity contribution in [1.82, 2.24) is 0 Å². The van der Waals surface area contributed by atoms with E-state index in [1.165, 1.54) is 0 Å². The molecule has 0 aromatic heterocycles. The van der Waals surface area contributed by atoms with Gasteiger partial charge in [0.2, 0.25) is 0 Å². The Balaban J connectivity index is -0.0000000417. The van der Waals surface area contributed by atoms with Crippen molar-refractivity contribution in [3.05, 3.63) is 0 Å². The molecule has 0 aliphatic heterocycles. The van der Waals surface area contributed by atoms with Crippen LogP contribution in [-0.2, 0) is 35.8 Å². The van der Waals surface area contributed by atoms with Crippen LogP contribution in [0.5, 0.6) is 0 Å². The molecule has 0 amide bonds. The SMILES string of the molecule is O=C(O)C(=O)O.[H-].[Li+].[Zr]. The van der Waals surface area contributed by atoms with Crippen LogP contribution in [0.15, 0.2) is 0 Å². The minimum atomic E-state index is -1.82. The summed E-state index contributed by atoms with van der Waals surface area (Å²) in [4.78, 5) is 18.2. The molecule has 0 bridgehead atoms. The summed E-state index contributed by atoms with van der Waals surface area (Å²) in [5.74, 6) is -3.65. The Morgan fingerprint density at radius 3 is 1.25 bits per heavy atom. The van der Waals surface area contributed by atoms with Gasteiger partial charge in [0.05, 0.1) is 0 Å². The second-order valence-electron chi connectivity index (χ2n) is 0.610. The molecule has 6 heteroatoms. The third kappa shape index (κ3) is 9.65. The van der Waals surface area contributed by atoms with Crippen molar-refractivity contribution in [2.24, 2.45) is 0 Å². The standard InChI is InChI=1S/C2H2O4.Li.Zr.H/c3-1(4)2(5)6;;;/h(H,3,4)(H,5,6);;;/q;+1;;-1. The predicted octanol–water partition coefficient (Wildman–Crippen LogP) is -3.73. The Morgan fingerprint density at radius 2 is 1.25 bits per heavy atom. The monoisotopic (exact) mass is 188 g/mol. The molecule has 0 aliphatic carbocycles. The van der Waals surface area contributed by atoms with Gasteiger partial charge in [-0.25, -0.2) is 9.59 Å². The third-order valence-electron chi connectivity index (χ3n) is 0.183. The van der Waals surface area contributed by atoms with E-state index in [2.05, 4.69) is 0 Å². The normalized spacial score (nSPS) is 5.50. The Morgan fingerprint density at radius 1 is 1.12 bits per heavy atom. The minimum absolute atomic E-state index is 0. The van der Waals surface area contributed by atoms with E-state index in [-0.39, 0.29) is 46.5 Å². The first kappa shape index (κ1) is 15.8. The van der Waals surface area contributed by atoms with Crippen LogP contribution in [0.2, 0.25) is 0 Å². The van der Waals surface area contributed by atoms with Crippen molar-refractivity contribution in [1.29, 1.82) is 0 Å². The van der Waals surface area contributed by atoms with Crippen LogP contribution >= 0.6 is 0 Å². The second-order valence-corrected chi connectivity index (χ2v) is 0.610. The average molecular weight is 189 g/mol. The zero-order valence-corrected chi connectivity index (χ0v) is 6.67. The van der Waals surface area contributed by atoms with Crippen LogP contribution in [0.1, 0.15) is 1.43 Å². The number of hydrogen-bond acceptors (Lipinski definition) is 2. The van der Waals surface area contributed by atoms with Crippen molar-refractivity contribution < 1.29 is 66.3 Å². The Bertz CT molecular complexity index is 84.6. The smallest absolute Gasteiger partial charge is 1.00 e. The Labute approximate surface area is 78.0 Å². The van der Waals surface area contributed by atoms with Gasteiger partial charge in [-0.05, 0) is 0 Å². The van der Waals surface area contributed by atoms with Gasteiger partial charge in [0.15, 0.2) is 0 Å². The molecule has 0 fully saturated rings. The minimum Gasteiger partial charge on any atom is -1.00 e. The van der Waals surface area contributed by atoms with E-state index in [0.29, 0.717) is 0 Å². The molecule has 0 aromatic carbocycles. The zero-order valence-electron chi connectivity index (χ0n) is 5.21. The molecule has 0 atom stereocenters. The first-order chi connectivity index (χ1) is 2.64. The van der Waals surface area contributed by atoms with Gasteiger partial charge < -0.3 is 11.6 Å². The fourth-order valence-corrected chi connectivity index (χ4v) is 0. The van der Waals surface area contributed by atoms with Gasteiger partial charge in [0, 0.05) is 26.2 Å². The summed E-state index contributed by atoms with van der Waals surface area (Å²) in [6.07, 6.45) is 0. The van der Waals surface area contributed by atoms with Crippen LogP contribution in [0.25, 0.3) is 0 Å². The van der Waals surface area contributed by atoms with E-state index in [0.717, 1.165) is 0 Å². The first-order valence-electron chi connectivity index (χ1n) is 1.11. The van der Waals surface area contributed by atoms with Gasteiger partial charge in [0.1, 0.15) is 0 Å². The van der Waals surface area contributed by atoms with Crippen molar-refractivity contribution in [3.63, 3.8) is 0 Å². The molecule has 0 heterocycles. The molecule has 0 spiro atoms. The third-order valence-corrected chi connectivity index (χ3v) is 0.183. The molecule has 0 aromatic rings. The van der Waals surface area contributed by atoms with Crippen molar-refractivity contribution >= 4 is 11.9 Å². The van der Waals surface area contributed by atoms with Crippen LogP contribution in [-0.4, -0.2) is 22.2 Å². The number of carbonyl (C=O) groups is 2. The predicted molar refractivity (Wildman–Crippen MR) is 16.4 cm³/mol. The number of rotatable bonds is 0. The molecule has 0 rings (SSSR count). The Hall–Kier alpha value is 0.421. The van der Waals surface area contributed by atoms with E-state index in [1.54, 1.807) is 0 Å². The van der Waals surface area contributed by atoms with Crippen LogP contribution in [0.4, 0.5) is 0 Å². The average Bonchev–Trinajstić information content (AvgIpc) is 1.36. The van der Waals surface area contributed by atoms with Gasteiger partial charge in [-0.1, -0.05) is 0 Å². The molecule has 4 nitrogen and oxygen atoms in total. The maximum absolute atomic E-state index is 9.10. The van der Waals surface area contributed by atoms with E-state index in [9.17, 15) is 0 Å². The summed E-state index contributed by atoms with van der Waals surface area (Å²) in [6.45, 7) is 0. The number of aliphatic carboxylic acids is 2. The molecule has 0 saturated carbocycles. The fraction of sp³-hybridized carbons (Fsp3) is 0. The van der Waals surface area contributed by atoms with E-state index in [1.807, 2.05) is 0 Å². The number of hydrogen-bond donors (Lipinski definition) is 2. The van der Waals surface area contributed by atoms with E-state index >= 15 is 0 Å². The quantitative estimate of drug-likeness (QED) is 0.303. The second kappa shape index (κ2) is 7.42. The van der Waals surface area contributed by atoms with Crippen LogP contribution in [0, 0.1) is 0 Å². The maximum atomic E-state index is 9.10. The topological polar surface area (TPSA) is 74.6 Å². The molecule has 0 unspecified atom stereocenters. The number of carboxylic acids is 2. The molecule has 0 aliphatic rings. The molecule has 0 radical (unpaired) electrons. The summed E-state index contributed by atoms with van der Waals surface area (Å²) >= 11 is 0. The van der Waals surface area contributed by atoms with Gasteiger partial charge in [-0.2, -0.15) is 0 Å². The number of carboxylic acid groups (broad SMARTS) is 2. The van der Waals surface area contributed by atoms with Crippen molar-refractivity contribution in [2.75, 3.05) is 0 Å². The molecule has 2 N–H and O–H groups in total. The van der Waals surface area contributed by atoms with Gasteiger partial charge in [-0.3, -0.25) is 0 Å². The Kier molecular flexibility index (Phi) is 14.6. The van der Waals surface area contributed by atoms with E-state index in [4.69, 9.17) is 19.8 Å². The molecular weight excluding hydrogens is 186 g/mol. The molecular formula is C2H3LiO4Zr. The summed E-state index contributed by atoms with van der Waals surface area (Å²) in [5.41, 5.74) is 0. The van der Waals surface area contributed by atoms with Gasteiger partial charge in [-0.15, -0.1) is 0 Å². The summed E-state index contributed by atoms with van der Waals surface area (Å²) in [6, 6.07) is 0. The van der Waals surface area contributed by atoms with Crippen LogP contribution in [0.3, 0.4) is 0 Å². The molecule has 40 valence electrons.